The molecule has 2 aromatic heterocycles. The molecule has 0 saturated heterocycles. The van der Waals surface area contributed by atoms with Crippen LogP contribution in [0.25, 0.3) is 16.6 Å². The lowest BCUT2D eigenvalue weighted by atomic mass is 10.0. The number of amidine groups is 1. The van der Waals surface area contributed by atoms with Crippen molar-refractivity contribution >= 4 is 74.1 Å². The Hall–Kier alpha value is -3.68. The summed E-state index contributed by atoms with van der Waals surface area (Å²) < 4.78 is 48.0. The maximum atomic E-state index is 13.4. The van der Waals surface area contributed by atoms with Gasteiger partial charge in [-0.1, -0.05) is 45.2 Å². The molecule has 0 aliphatic rings. The molecule has 220 valence electrons. The van der Waals surface area contributed by atoms with Gasteiger partial charge in [0.25, 0.3) is 0 Å². The monoisotopic (exact) mass is 683 g/mol. The number of hydrazone groups is 1. The third-order valence-electron chi connectivity index (χ3n) is 5.85. The number of carbonyl (C=O) groups is 1. The number of hydrogen-bond acceptors (Lipinski definition) is 7. The van der Waals surface area contributed by atoms with Gasteiger partial charge in [0.2, 0.25) is 5.84 Å². The van der Waals surface area contributed by atoms with Crippen LogP contribution < -0.4 is 0 Å². The van der Waals surface area contributed by atoms with Crippen LogP contribution >= 0.6 is 39.1 Å². The summed E-state index contributed by atoms with van der Waals surface area (Å²) in [5.74, 6) is -1.58. The average Bonchev–Trinajstić information content (AvgIpc) is 3.31. The van der Waals surface area contributed by atoms with Gasteiger partial charge >= 0.3 is 12.1 Å². The molecule has 9 nitrogen and oxygen atoms in total. The van der Waals surface area contributed by atoms with Gasteiger partial charge in [-0.2, -0.15) is 23.4 Å². The Morgan fingerprint density at radius 3 is 2.55 bits per heavy atom. The van der Waals surface area contributed by atoms with Crippen LogP contribution in [0.2, 0.25) is 10.0 Å². The lowest BCUT2D eigenvalue weighted by Gasteiger charge is -2.21. The Bertz CT molecular complexity index is 1690. The molecule has 0 atom stereocenters. The summed E-state index contributed by atoms with van der Waals surface area (Å²) in [6.45, 7) is 3.15. The zero-order valence-corrected chi connectivity index (χ0v) is 25.6. The number of nitrogens with zero attached hydrogens (tertiary/aromatic N) is 7. The average molecular weight is 685 g/mol. The van der Waals surface area contributed by atoms with Gasteiger partial charge in [0.1, 0.15) is 6.61 Å². The molecule has 0 spiro atoms. The van der Waals surface area contributed by atoms with Gasteiger partial charge in [0.15, 0.2) is 5.82 Å². The lowest BCUT2D eigenvalue weighted by Crippen LogP contribution is -2.38. The van der Waals surface area contributed by atoms with E-state index in [0.717, 1.165) is 14.4 Å². The summed E-state index contributed by atoms with van der Waals surface area (Å²) in [5, 5.41) is 11.1. The molecule has 0 N–H and O–H groups in total. The highest BCUT2D eigenvalue weighted by atomic mass is 79.9. The molecule has 4 rings (SSSR count). The second-order valence-electron chi connectivity index (χ2n) is 9.17. The van der Waals surface area contributed by atoms with Gasteiger partial charge in [-0.3, -0.25) is 10.0 Å². The second kappa shape index (κ2) is 12.7. The summed E-state index contributed by atoms with van der Waals surface area (Å²) in [6, 6.07) is 11.8. The fourth-order valence-corrected chi connectivity index (χ4v) is 4.97. The largest absolute Gasteiger partial charge is 0.456 e. The molecule has 0 fully saturated rings. The minimum absolute atomic E-state index is 0.0974. The summed E-state index contributed by atoms with van der Waals surface area (Å²) in [7, 11) is 3.88. The van der Waals surface area contributed by atoms with Gasteiger partial charge in [0, 0.05) is 37.2 Å². The number of carbonyl (C=O) groups excluding carboxylic acids is 1. The molecule has 0 aliphatic heterocycles. The number of fused-ring (bicyclic) bond motifs is 1. The molecule has 0 unspecified atom stereocenters. The minimum Gasteiger partial charge on any atom is -0.456 e. The summed E-state index contributed by atoms with van der Waals surface area (Å²) in [6.07, 6.45) is -3.16. The molecule has 2 aromatic carbocycles. The molecule has 0 saturated carbocycles. The van der Waals surface area contributed by atoms with Gasteiger partial charge < -0.3 is 9.64 Å². The number of pyridine rings is 1. The molecule has 0 amide bonds. The Balaban J connectivity index is 1.66. The standard InChI is InChI=1S/C27H23BrCl2F3N7O2/c1-34-23-20(11-15-10-16(28)7-8-19(15)22(23)30)25(41)42-14-18-12-17(36-40(18)24-21(29)6-5-9-35-24)13-39(4)37-26(38(2)3)27(31,32)33/h5-12H,1,13-14H2,2-4H3/b37-26-. The van der Waals surface area contributed by atoms with Crippen molar-refractivity contribution in [3.8, 4) is 5.82 Å². The van der Waals surface area contributed by atoms with Gasteiger partial charge in [0.05, 0.1) is 39.2 Å². The third kappa shape index (κ3) is 6.85. The fraction of sp³-hybridized carbons (Fsp3) is 0.222. The Kier molecular flexibility index (Phi) is 9.43. The van der Waals surface area contributed by atoms with Crippen LogP contribution in [0.4, 0.5) is 18.9 Å². The quantitative estimate of drug-likeness (QED) is 0.0856. The van der Waals surface area contributed by atoms with E-state index in [0.29, 0.717) is 22.2 Å². The Labute approximate surface area is 257 Å². The molecule has 0 radical (unpaired) electrons. The van der Waals surface area contributed by atoms with Crippen molar-refractivity contribution in [2.75, 3.05) is 21.1 Å². The maximum absolute atomic E-state index is 13.4. The molecule has 4 aromatic rings. The van der Waals surface area contributed by atoms with Gasteiger partial charge in [-0.25, -0.2) is 14.5 Å². The highest BCUT2D eigenvalue weighted by molar-refractivity contribution is 9.10. The molecule has 0 bridgehead atoms. The molecule has 0 aliphatic carbocycles. The lowest BCUT2D eigenvalue weighted by molar-refractivity contribution is -0.0684. The molecule has 42 heavy (non-hydrogen) atoms. The zero-order chi connectivity index (χ0) is 30.8. The molecular weight excluding hydrogens is 662 g/mol. The van der Waals surface area contributed by atoms with E-state index >= 15 is 0 Å². The predicted octanol–water partition coefficient (Wildman–Crippen LogP) is 7.05. The summed E-state index contributed by atoms with van der Waals surface area (Å²) >= 11 is 16.3. The van der Waals surface area contributed by atoms with Gasteiger partial charge in [-0.05, 0) is 48.5 Å². The highest BCUT2D eigenvalue weighted by Crippen LogP contribution is 2.38. The first-order valence-corrected chi connectivity index (χ1v) is 13.6. The highest BCUT2D eigenvalue weighted by Gasteiger charge is 2.38. The van der Waals surface area contributed by atoms with Crippen molar-refractivity contribution in [3.05, 3.63) is 80.1 Å². The number of rotatable bonds is 8. The Morgan fingerprint density at radius 1 is 1.17 bits per heavy atom. The topological polar surface area (TPSA) is 88.2 Å². The van der Waals surface area contributed by atoms with E-state index < -0.39 is 18.0 Å². The fourth-order valence-electron chi connectivity index (χ4n) is 4.05. The van der Waals surface area contributed by atoms with Crippen LogP contribution in [0.3, 0.4) is 0 Å². The Morgan fingerprint density at radius 2 is 1.90 bits per heavy atom. The van der Waals surface area contributed by atoms with E-state index in [-0.39, 0.29) is 40.3 Å². The maximum Gasteiger partial charge on any atom is 0.451 e. The second-order valence-corrected chi connectivity index (χ2v) is 10.9. The SMILES string of the molecule is C=Nc1c(C(=O)OCc2cc(CN(C)/N=C(\N(C)C)C(F)(F)F)nn2-c2ncccc2Cl)cc2cc(Br)ccc2c1Cl. The van der Waals surface area contributed by atoms with Crippen molar-refractivity contribution in [1.82, 2.24) is 24.7 Å². The zero-order valence-electron chi connectivity index (χ0n) is 22.5. The first-order chi connectivity index (χ1) is 19.8. The number of aromatic nitrogens is 3. The van der Waals surface area contributed by atoms with Crippen molar-refractivity contribution in [1.29, 1.82) is 0 Å². The summed E-state index contributed by atoms with van der Waals surface area (Å²) in [5.41, 5.74) is 0.934. The molecule has 15 heteroatoms. The molecule has 2 heterocycles. The normalized spacial score (nSPS) is 12.0. The van der Waals surface area contributed by atoms with Gasteiger partial charge in [-0.15, -0.1) is 0 Å². The van der Waals surface area contributed by atoms with Crippen LogP contribution in [0.1, 0.15) is 21.7 Å². The van der Waals surface area contributed by atoms with Crippen molar-refractivity contribution in [2.24, 2.45) is 10.1 Å². The van der Waals surface area contributed by atoms with Crippen molar-refractivity contribution in [2.45, 2.75) is 19.3 Å². The number of aliphatic imine (C=N–C) groups is 1. The first kappa shape index (κ1) is 31.3. The number of alkyl halides is 3. The van der Waals surface area contributed by atoms with Crippen LogP contribution in [0.5, 0.6) is 0 Å². The van der Waals surface area contributed by atoms with Crippen molar-refractivity contribution in [3.63, 3.8) is 0 Å². The first-order valence-electron chi connectivity index (χ1n) is 12.1. The number of esters is 1. The summed E-state index contributed by atoms with van der Waals surface area (Å²) in [4.78, 5) is 22.3. The van der Waals surface area contributed by atoms with E-state index in [2.05, 4.69) is 42.8 Å². The van der Waals surface area contributed by atoms with Crippen LogP contribution in [0.15, 0.2) is 63.2 Å². The van der Waals surface area contributed by atoms with E-state index in [1.807, 2.05) is 6.07 Å². The number of ether oxygens (including phenoxy) is 1. The van der Waals surface area contributed by atoms with E-state index in [1.54, 1.807) is 36.4 Å². The predicted molar refractivity (Wildman–Crippen MR) is 160 cm³/mol. The smallest absolute Gasteiger partial charge is 0.451 e. The van der Waals surface area contributed by atoms with E-state index in [9.17, 15) is 18.0 Å². The van der Waals surface area contributed by atoms with Crippen molar-refractivity contribution < 1.29 is 22.7 Å². The number of hydrogen-bond donors (Lipinski definition) is 0. The minimum atomic E-state index is -4.65. The third-order valence-corrected chi connectivity index (χ3v) is 7.02. The number of halogens is 6. The van der Waals surface area contributed by atoms with Crippen LogP contribution in [0, 0.1) is 0 Å². The van der Waals surface area contributed by atoms with E-state index in [1.165, 1.54) is 32.0 Å². The van der Waals surface area contributed by atoms with Crippen LogP contribution in [-0.4, -0.2) is 70.5 Å². The molecular formula is C27H23BrCl2F3N7O2. The number of benzene rings is 2. The van der Waals surface area contributed by atoms with Crippen LogP contribution in [-0.2, 0) is 17.9 Å². The van der Waals surface area contributed by atoms with E-state index in [4.69, 9.17) is 27.9 Å².